The maximum Gasteiger partial charge on any atom is 0.363 e. The molecule has 3 aromatic rings. The van der Waals surface area contributed by atoms with Gasteiger partial charge in [0.05, 0.1) is 24.3 Å². The number of halogens is 2. The second kappa shape index (κ2) is 9.40. The molecule has 1 aliphatic rings. The van der Waals surface area contributed by atoms with Crippen LogP contribution >= 0.6 is 0 Å². The van der Waals surface area contributed by atoms with Crippen molar-refractivity contribution >= 4 is 11.9 Å². The van der Waals surface area contributed by atoms with Crippen LogP contribution in [0.1, 0.15) is 44.8 Å². The molecule has 0 aliphatic carbocycles. The highest BCUT2D eigenvalue weighted by atomic mass is 19.2. The van der Waals surface area contributed by atoms with Crippen LogP contribution in [0.2, 0.25) is 0 Å². The highest BCUT2D eigenvalue weighted by Gasteiger charge is 2.38. The summed E-state index contributed by atoms with van der Waals surface area (Å²) in [4.78, 5) is 48.6. The SMILES string of the molecule is COC(=O)c1ccccc1C1OCCC1n1c(OC(=O)c2ccccc2)c(F)c(=O)n(F)c1=O. The Morgan fingerprint density at radius 3 is 2.41 bits per heavy atom. The van der Waals surface area contributed by atoms with Crippen LogP contribution in [0.5, 0.6) is 5.88 Å². The Kier molecular flexibility index (Phi) is 6.37. The molecular formula is C23H18F2N2O7. The van der Waals surface area contributed by atoms with Crippen molar-refractivity contribution in [2.24, 2.45) is 0 Å². The minimum absolute atomic E-state index is 0.0144. The Hall–Kier alpha value is -4.12. The van der Waals surface area contributed by atoms with E-state index in [1.165, 1.54) is 43.5 Å². The number of methoxy groups -OCH3 is 1. The first-order chi connectivity index (χ1) is 16.3. The maximum absolute atomic E-state index is 14.9. The molecular weight excluding hydrogens is 454 g/mol. The van der Waals surface area contributed by atoms with Gasteiger partial charge in [-0.05, 0) is 30.2 Å². The summed E-state index contributed by atoms with van der Waals surface area (Å²) < 4.78 is 45.3. The fourth-order valence-electron chi connectivity index (χ4n) is 3.84. The van der Waals surface area contributed by atoms with Gasteiger partial charge in [-0.3, -0.25) is 9.36 Å². The number of benzene rings is 2. The summed E-state index contributed by atoms with van der Waals surface area (Å²) in [6, 6.07) is 12.5. The van der Waals surface area contributed by atoms with Gasteiger partial charge in [0.25, 0.3) is 5.82 Å². The van der Waals surface area contributed by atoms with E-state index in [2.05, 4.69) is 0 Å². The van der Waals surface area contributed by atoms with Gasteiger partial charge in [-0.25, -0.2) is 14.4 Å². The Labute approximate surface area is 190 Å². The van der Waals surface area contributed by atoms with Crippen molar-refractivity contribution in [2.75, 3.05) is 13.7 Å². The molecule has 0 radical (unpaired) electrons. The predicted octanol–water partition coefficient (Wildman–Crippen LogP) is 2.59. The van der Waals surface area contributed by atoms with Gasteiger partial charge in [0.1, 0.15) is 6.10 Å². The number of carbonyl (C=O) groups excluding carboxylic acids is 2. The van der Waals surface area contributed by atoms with E-state index in [-0.39, 0.29) is 24.2 Å². The quantitative estimate of drug-likeness (QED) is 0.526. The monoisotopic (exact) mass is 472 g/mol. The summed E-state index contributed by atoms with van der Waals surface area (Å²) >= 11 is 0. The number of aromatic nitrogens is 2. The Balaban J connectivity index is 1.86. The Morgan fingerprint density at radius 1 is 1.03 bits per heavy atom. The van der Waals surface area contributed by atoms with Gasteiger partial charge in [0.15, 0.2) is 0 Å². The molecule has 2 atom stereocenters. The van der Waals surface area contributed by atoms with Crippen molar-refractivity contribution in [1.82, 2.24) is 9.36 Å². The molecule has 1 aromatic heterocycles. The molecule has 0 amide bonds. The number of nitrogens with zero attached hydrogens (tertiary/aromatic N) is 2. The first kappa shape index (κ1) is 23.1. The topological polar surface area (TPSA) is 106 Å². The third kappa shape index (κ3) is 4.01. The fraction of sp³-hybridized carbons (Fsp3) is 0.217. The summed E-state index contributed by atoms with van der Waals surface area (Å²) in [5.41, 5.74) is -3.03. The van der Waals surface area contributed by atoms with Crippen molar-refractivity contribution in [3.8, 4) is 5.88 Å². The van der Waals surface area contributed by atoms with Crippen LogP contribution in [0.3, 0.4) is 0 Å². The lowest BCUT2D eigenvalue weighted by molar-refractivity contribution is 0.0575. The average molecular weight is 472 g/mol. The van der Waals surface area contributed by atoms with Crippen LogP contribution in [0, 0.1) is 5.82 Å². The predicted molar refractivity (Wildman–Crippen MR) is 113 cm³/mol. The zero-order chi connectivity index (χ0) is 24.4. The molecule has 11 heteroatoms. The second-order valence-corrected chi connectivity index (χ2v) is 7.34. The molecule has 1 saturated heterocycles. The van der Waals surface area contributed by atoms with Crippen molar-refractivity contribution in [2.45, 2.75) is 18.6 Å². The Morgan fingerprint density at radius 2 is 1.71 bits per heavy atom. The lowest BCUT2D eigenvalue weighted by Gasteiger charge is -2.24. The number of esters is 2. The van der Waals surface area contributed by atoms with Crippen LogP contribution < -0.4 is 16.0 Å². The largest absolute Gasteiger partial charge is 0.465 e. The standard InChI is InChI=1S/C23H18F2N2O7/c1-32-22(30)15-10-6-5-9-14(15)18-16(11-12-33-18)26-20(17(24)19(28)27(25)23(26)31)34-21(29)13-7-3-2-4-8-13/h2-10,16,18H,11-12H2,1H3. The molecule has 34 heavy (non-hydrogen) atoms. The highest BCUT2D eigenvalue weighted by molar-refractivity contribution is 5.91. The highest BCUT2D eigenvalue weighted by Crippen LogP contribution is 2.41. The molecule has 9 nitrogen and oxygen atoms in total. The first-order valence-electron chi connectivity index (χ1n) is 10.1. The van der Waals surface area contributed by atoms with Crippen molar-refractivity contribution in [3.63, 3.8) is 0 Å². The third-order valence-corrected chi connectivity index (χ3v) is 5.41. The van der Waals surface area contributed by atoms with Crippen LogP contribution in [-0.4, -0.2) is 35.0 Å². The summed E-state index contributed by atoms with van der Waals surface area (Å²) in [5.74, 6) is -4.56. The average Bonchev–Trinajstić information content (AvgIpc) is 3.35. The molecule has 0 N–H and O–H groups in total. The van der Waals surface area contributed by atoms with Crippen molar-refractivity contribution in [3.05, 3.63) is 97.9 Å². The third-order valence-electron chi connectivity index (χ3n) is 5.41. The lowest BCUT2D eigenvalue weighted by atomic mass is 9.97. The van der Waals surface area contributed by atoms with Crippen molar-refractivity contribution in [1.29, 1.82) is 0 Å². The molecule has 2 unspecified atom stereocenters. The summed E-state index contributed by atoms with van der Waals surface area (Å²) in [5, 5.41) is 0. The van der Waals surface area contributed by atoms with Gasteiger partial charge in [-0.2, -0.15) is 4.39 Å². The number of ether oxygens (including phenoxy) is 3. The minimum atomic E-state index is -1.90. The zero-order valence-corrected chi connectivity index (χ0v) is 17.8. The molecule has 1 aliphatic heterocycles. The van der Waals surface area contributed by atoms with Gasteiger partial charge >= 0.3 is 23.2 Å². The molecule has 2 heterocycles. The van der Waals surface area contributed by atoms with Crippen LogP contribution in [0.25, 0.3) is 0 Å². The second-order valence-electron chi connectivity index (χ2n) is 7.34. The minimum Gasteiger partial charge on any atom is -0.465 e. The van der Waals surface area contributed by atoms with E-state index in [4.69, 9.17) is 14.2 Å². The molecule has 1 fully saturated rings. The number of hydrogen-bond donors (Lipinski definition) is 0. The molecule has 4 rings (SSSR count). The van der Waals surface area contributed by atoms with Gasteiger partial charge in [-0.15, -0.1) is 0 Å². The number of hydrogen-bond acceptors (Lipinski definition) is 7. The number of rotatable bonds is 5. The van der Waals surface area contributed by atoms with Gasteiger partial charge in [-0.1, -0.05) is 45.7 Å². The van der Waals surface area contributed by atoms with E-state index in [1.807, 2.05) is 0 Å². The van der Waals surface area contributed by atoms with Gasteiger partial charge in [0.2, 0.25) is 5.88 Å². The fourth-order valence-corrected chi connectivity index (χ4v) is 3.84. The molecule has 0 bridgehead atoms. The summed E-state index contributed by atoms with van der Waals surface area (Å²) in [6.45, 7) is 0.0520. The summed E-state index contributed by atoms with van der Waals surface area (Å²) in [6.07, 6.45) is -0.979. The van der Waals surface area contributed by atoms with Gasteiger partial charge in [0, 0.05) is 6.61 Å². The molecule has 0 saturated carbocycles. The molecule has 176 valence electrons. The zero-order valence-electron chi connectivity index (χ0n) is 17.8. The normalized spacial score (nSPS) is 17.4. The van der Waals surface area contributed by atoms with E-state index in [1.54, 1.807) is 18.2 Å². The maximum atomic E-state index is 14.9. The Bertz CT molecular complexity index is 1370. The lowest BCUT2D eigenvalue weighted by Crippen LogP contribution is -2.41. The van der Waals surface area contributed by atoms with E-state index < -0.39 is 51.8 Å². The van der Waals surface area contributed by atoms with E-state index in [0.717, 1.165) is 0 Å². The van der Waals surface area contributed by atoms with Crippen LogP contribution in [-0.2, 0) is 9.47 Å². The van der Waals surface area contributed by atoms with E-state index >= 15 is 0 Å². The molecule has 2 aromatic carbocycles. The first-order valence-corrected chi connectivity index (χ1v) is 10.1. The molecule has 0 spiro atoms. The summed E-state index contributed by atoms with van der Waals surface area (Å²) in [7, 11) is 1.19. The van der Waals surface area contributed by atoms with Crippen LogP contribution in [0.4, 0.5) is 8.87 Å². The van der Waals surface area contributed by atoms with E-state index in [0.29, 0.717) is 10.1 Å². The van der Waals surface area contributed by atoms with Gasteiger partial charge < -0.3 is 14.2 Å². The smallest absolute Gasteiger partial charge is 0.363 e. The van der Waals surface area contributed by atoms with Crippen molar-refractivity contribution < 1.29 is 32.7 Å². The van der Waals surface area contributed by atoms with Crippen LogP contribution in [0.15, 0.2) is 64.2 Å². The van der Waals surface area contributed by atoms with E-state index in [9.17, 15) is 28.0 Å². The number of carbonyl (C=O) groups is 2.